The molecule has 1 heterocycles. The highest BCUT2D eigenvalue weighted by molar-refractivity contribution is 7.91. The summed E-state index contributed by atoms with van der Waals surface area (Å²) in [7, 11) is -3.43. The van der Waals surface area contributed by atoms with Gasteiger partial charge in [0.15, 0.2) is 0 Å². The fourth-order valence-corrected chi connectivity index (χ4v) is 2.15. The van der Waals surface area contributed by atoms with Crippen molar-refractivity contribution in [1.82, 2.24) is 9.97 Å². The Morgan fingerprint density at radius 1 is 1.47 bits per heavy atom. The molecule has 0 amide bonds. The number of aromatic amines is 1. The average molecular weight is 255 g/mol. The van der Waals surface area contributed by atoms with Gasteiger partial charge in [-0.2, -0.15) is 0 Å². The number of fused-ring (bicyclic) bond motifs is 1. The van der Waals surface area contributed by atoms with E-state index in [1.807, 2.05) is 0 Å². The van der Waals surface area contributed by atoms with Gasteiger partial charge in [-0.3, -0.25) is 10.1 Å². The molecule has 0 saturated heterocycles. The molecule has 0 atom stereocenters. The minimum absolute atomic E-state index is 0.0745. The van der Waals surface area contributed by atoms with Crippen molar-refractivity contribution in [1.29, 1.82) is 0 Å². The summed E-state index contributed by atoms with van der Waals surface area (Å²) in [5, 5.41) is 10.4. The zero-order valence-corrected chi connectivity index (χ0v) is 9.69. The molecule has 1 N–H and O–H groups in total. The Morgan fingerprint density at radius 3 is 2.76 bits per heavy atom. The molecule has 0 spiro atoms. The zero-order valence-electron chi connectivity index (χ0n) is 8.87. The molecule has 7 nitrogen and oxygen atoms in total. The topological polar surface area (TPSA) is 106 Å². The highest BCUT2D eigenvalue weighted by Crippen LogP contribution is 2.20. The van der Waals surface area contributed by atoms with Crippen molar-refractivity contribution in [3.05, 3.63) is 28.3 Å². The van der Waals surface area contributed by atoms with Crippen LogP contribution in [0.15, 0.2) is 23.4 Å². The van der Waals surface area contributed by atoms with Crippen LogP contribution in [0.2, 0.25) is 0 Å². The van der Waals surface area contributed by atoms with Gasteiger partial charge in [0.2, 0.25) is 15.0 Å². The van der Waals surface area contributed by atoms with Crippen LogP contribution < -0.4 is 0 Å². The van der Waals surface area contributed by atoms with Crippen LogP contribution in [-0.2, 0) is 9.84 Å². The number of hydrogen-bond donors (Lipinski definition) is 1. The molecule has 0 radical (unpaired) electrons. The first kappa shape index (κ1) is 11.5. The number of H-pyrrole nitrogens is 1. The standard InChI is InChI=1S/C9H9N3O4S/c1-2-17(15,16)9-10-7-4-3-6(12(13)14)5-8(7)11-9/h3-5H,2H2,1H3,(H,10,11). The van der Waals surface area contributed by atoms with Crippen LogP contribution in [0.3, 0.4) is 0 Å². The second-order valence-electron chi connectivity index (χ2n) is 3.40. The SMILES string of the molecule is CCS(=O)(=O)c1nc2ccc([N+](=O)[O-])cc2[nH]1. The van der Waals surface area contributed by atoms with Crippen LogP contribution in [0.1, 0.15) is 6.92 Å². The van der Waals surface area contributed by atoms with E-state index in [4.69, 9.17) is 0 Å². The van der Waals surface area contributed by atoms with E-state index in [2.05, 4.69) is 9.97 Å². The van der Waals surface area contributed by atoms with Crippen molar-refractivity contribution in [2.24, 2.45) is 0 Å². The van der Waals surface area contributed by atoms with E-state index in [0.717, 1.165) is 0 Å². The maximum absolute atomic E-state index is 11.6. The monoisotopic (exact) mass is 255 g/mol. The summed E-state index contributed by atoms with van der Waals surface area (Å²) in [5.74, 6) is -0.0745. The molecule has 8 heteroatoms. The van der Waals surface area contributed by atoms with Crippen molar-refractivity contribution in [2.45, 2.75) is 12.1 Å². The summed E-state index contributed by atoms with van der Waals surface area (Å²) >= 11 is 0. The lowest BCUT2D eigenvalue weighted by atomic mass is 10.3. The average Bonchev–Trinajstić information content (AvgIpc) is 2.72. The minimum atomic E-state index is -3.43. The second kappa shape index (κ2) is 3.81. The number of rotatable bonds is 3. The second-order valence-corrected chi connectivity index (χ2v) is 5.60. The molecule has 0 aliphatic heterocycles. The van der Waals surface area contributed by atoms with Gasteiger partial charge in [0.05, 0.1) is 21.7 Å². The summed E-state index contributed by atoms with van der Waals surface area (Å²) < 4.78 is 23.1. The molecule has 0 unspecified atom stereocenters. The lowest BCUT2D eigenvalue weighted by Crippen LogP contribution is -2.05. The smallest absolute Gasteiger partial charge is 0.271 e. The third-order valence-corrected chi connectivity index (χ3v) is 3.87. The van der Waals surface area contributed by atoms with Gasteiger partial charge in [-0.25, -0.2) is 13.4 Å². The van der Waals surface area contributed by atoms with Crippen LogP contribution in [0, 0.1) is 10.1 Å². The number of benzene rings is 1. The molecule has 2 aromatic rings. The predicted octanol–water partition coefficient (Wildman–Crippen LogP) is 1.26. The van der Waals surface area contributed by atoms with Crippen LogP contribution in [0.4, 0.5) is 5.69 Å². The summed E-state index contributed by atoms with van der Waals surface area (Å²) in [6.45, 7) is 1.50. The fraction of sp³-hybridized carbons (Fsp3) is 0.222. The Kier molecular flexibility index (Phi) is 2.58. The molecule has 0 aliphatic rings. The van der Waals surface area contributed by atoms with Crippen LogP contribution in [0.25, 0.3) is 11.0 Å². The molecular formula is C9H9N3O4S. The fourth-order valence-electron chi connectivity index (χ4n) is 1.37. The summed E-state index contributed by atoms with van der Waals surface area (Å²) in [6, 6.07) is 3.96. The molecule has 2 rings (SSSR count). The number of aromatic nitrogens is 2. The number of imidazole rings is 1. The van der Waals surface area contributed by atoms with Crippen molar-refractivity contribution in [3.8, 4) is 0 Å². The van der Waals surface area contributed by atoms with Gasteiger partial charge in [-0.05, 0) is 6.07 Å². The lowest BCUT2D eigenvalue weighted by Gasteiger charge is -1.92. The van der Waals surface area contributed by atoms with Crippen LogP contribution >= 0.6 is 0 Å². The Labute approximate surface area is 96.6 Å². The van der Waals surface area contributed by atoms with Gasteiger partial charge in [0.1, 0.15) is 0 Å². The quantitative estimate of drug-likeness (QED) is 0.656. The largest absolute Gasteiger partial charge is 0.329 e. The molecule has 0 saturated carbocycles. The summed E-state index contributed by atoms with van der Waals surface area (Å²) in [4.78, 5) is 16.5. The maximum atomic E-state index is 11.6. The highest BCUT2D eigenvalue weighted by Gasteiger charge is 2.17. The van der Waals surface area contributed by atoms with Gasteiger partial charge >= 0.3 is 0 Å². The van der Waals surface area contributed by atoms with Crippen molar-refractivity contribution < 1.29 is 13.3 Å². The van der Waals surface area contributed by atoms with E-state index in [1.54, 1.807) is 0 Å². The summed E-state index contributed by atoms with van der Waals surface area (Å²) in [5.41, 5.74) is 0.621. The number of hydrogen-bond acceptors (Lipinski definition) is 5. The molecule has 0 aliphatic carbocycles. The predicted molar refractivity (Wildman–Crippen MR) is 60.5 cm³/mol. The number of nitro benzene ring substituents is 1. The van der Waals surface area contributed by atoms with E-state index in [9.17, 15) is 18.5 Å². The normalized spacial score (nSPS) is 11.8. The molecule has 0 bridgehead atoms. The van der Waals surface area contributed by atoms with Crippen LogP contribution in [-0.4, -0.2) is 29.1 Å². The molecular weight excluding hydrogens is 246 g/mol. The van der Waals surface area contributed by atoms with Crippen LogP contribution in [0.5, 0.6) is 0 Å². The number of nitrogens with zero attached hydrogens (tertiary/aromatic N) is 2. The number of sulfone groups is 1. The Bertz CT molecular complexity index is 689. The van der Waals surface area contributed by atoms with Crippen molar-refractivity contribution in [3.63, 3.8) is 0 Å². The van der Waals surface area contributed by atoms with Gasteiger partial charge in [0, 0.05) is 12.1 Å². The van der Waals surface area contributed by atoms with Gasteiger partial charge in [-0.15, -0.1) is 0 Å². The van der Waals surface area contributed by atoms with Gasteiger partial charge < -0.3 is 4.98 Å². The third kappa shape index (κ3) is 1.98. The lowest BCUT2D eigenvalue weighted by molar-refractivity contribution is -0.384. The highest BCUT2D eigenvalue weighted by atomic mass is 32.2. The molecule has 1 aromatic heterocycles. The minimum Gasteiger partial charge on any atom is -0.329 e. The maximum Gasteiger partial charge on any atom is 0.271 e. The number of nitro groups is 1. The Hall–Kier alpha value is -1.96. The first-order chi connectivity index (χ1) is 7.94. The molecule has 90 valence electrons. The number of nitrogens with one attached hydrogen (secondary N) is 1. The van der Waals surface area contributed by atoms with Crippen molar-refractivity contribution >= 4 is 26.6 Å². The van der Waals surface area contributed by atoms with Gasteiger partial charge in [0.25, 0.3) is 5.69 Å². The summed E-state index contributed by atoms with van der Waals surface area (Å²) in [6.07, 6.45) is 0. The van der Waals surface area contributed by atoms with E-state index in [-0.39, 0.29) is 16.6 Å². The van der Waals surface area contributed by atoms with Gasteiger partial charge in [-0.1, -0.05) is 6.92 Å². The molecule has 17 heavy (non-hydrogen) atoms. The van der Waals surface area contributed by atoms with Crippen molar-refractivity contribution in [2.75, 3.05) is 5.75 Å². The number of non-ortho nitro benzene ring substituents is 1. The third-order valence-electron chi connectivity index (χ3n) is 2.33. The first-order valence-electron chi connectivity index (χ1n) is 4.81. The van der Waals surface area contributed by atoms with E-state index < -0.39 is 14.8 Å². The Balaban J connectivity index is 2.63. The Morgan fingerprint density at radius 2 is 2.18 bits per heavy atom. The van der Waals surface area contributed by atoms with E-state index >= 15 is 0 Å². The zero-order chi connectivity index (χ0) is 12.6. The molecule has 1 aromatic carbocycles. The van der Waals surface area contributed by atoms with E-state index in [1.165, 1.54) is 25.1 Å². The molecule has 0 fully saturated rings. The van der Waals surface area contributed by atoms with E-state index in [0.29, 0.717) is 11.0 Å². The first-order valence-corrected chi connectivity index (χ1v) is 6.46.